The molecule has 1 unspecified atom stereocenters. The van der Waals surface area contributed by atoms with Crippen LogP contribution in [0.3, 0.4) is 0 Å². The smallest absolute Gasteiger partial charge is 0.262 e. The summed E-state index contributed by atoms with van der Waals surface area (Å²) in [4.78, 5) is 55.5. The first-order valence-corrected chi connectivity index (χ1v) is 16.3. The number of nitriles is 1. The molecule has 11 nitrogen and oxygen atoms in total. The molecule has 2 aromatic carbocycles. The van der Waals surface area contributed by atoms with Gasteiger partial charge < -0.3 is 15.5 Å². The summed E-state index contributed by atoms with van der Waals surface area (Å²) in [7, 11) is 0. The van der Waals surface area contributed by atoms with Gasteiger partial charge in [0.25, 0.3) is 17.7 Å². The second-order valence-electron chi connectivity index (χ2n) is 13.2. The summed E-state index contributed by atoms with van der Waals surface area (Å²) in [5.74, 6) is 5.85. The number of anilines is 2. The Balaban J connectivity index is 0.916. The molecule has 0 radical (unpaired) electrons. The first-order valence-electron chi connectivity index (χ1n) is 16.3. The first-order chi connectivity index (χ1) is 22.8. The molecule has 0 spiro atoms. The maximum absolute atomic E-state index is 13.7. The summed E-state index contributed by atoms with van der Waals surface area (Å²) in [5.41, 5.74) is 3.91. The van der Waals surface area contributed by atoms with Crippen LogP contribution in [0.1, 0.15) is 88.3 Å². The van der Waals surface area contributed by atoms with E-state index in [-0.39, 0.29) is 17.7 Å². The molecule has 11 heteroatoms. The van der Waals surface area contributed by atoms with Gasteiger partial charge in [0.2, 0.25) is 5.91 Å². The molecular weight excluding hydrogens is 594 g/mol. The van der Waals surface area contributed by atoms with Crippen LogP contribution in [-0.4, -0.2) is 64.0 Å². The second-order valence-corrected chi connectivity index (χ2v) is 13.2. The van der Waals surface area contributed by atoms with Gasteiger partial charge in [-0.15, -0.1) is 0 Å². The van der Waals surface area contributed by atoms with Crippen LogP contribution in [0, 0.1) is 29.1 Å². The number of hydrogen-bond donors (Lipinski definition) is 2. The van der Waals surface area contributed by atoms with Gasteiger partial charge in [0.15, 0.2) is 0 Å². The van der Waals surface area contributed by atoms with Crippen LogP contribution in [0.25, 0.3) is 0 Å². The maximum atomic E-state index is 13.7. The maximum Gasteiger partial charge on any atom is 0.262 e. The van der Waals surface area contributed by atoms with Crippen molar-refractivity contribution in [2.45, 2.75) is 62.4 Å². The number of carbonyl (C=O) groups is 4. The SMILES string of the molecule is N#Cc1ccc(NC(=O)C2(n3cc(C#CC4CN(c5ccc6c(c5)C(=O)N(C5CCCNC5=O)C6=O)C4)cn3)CCC2)c(C2CC2)c1. The van der Waals surface area contributed by atoms with Crippen LogP contribution in [0.5, 0.6) is 0 Å². The standard InChI is InChI=1S/C36H33N7O4/c37-17-22-6-11-30(28(15-22)25-7-8-25)40-35(47)36(12-2-13-36)42-21-23(18-39-42)4-5-24-19-41(20-24)26-9-10-27-29(16-26)34(46)43(33(27)45)31-3-1-14-38-32(31)44/h6,9-11,15-16,18,21,24-25,31H,1-3,7-8,12-14,19-20H2,(H,38,44)(H,40,47). The van der Waals surface area contributed by atoms with E-state index in [1.165, 1.54) is 0 Å². The number of benzene rings is 2. The first kappa shape index (κ1) is 29.0. The number of aromatic nitrogens is 2. The van der Waals surface area contributed by atoms with Crippen LogP contribution >= 0.6 is 0 Å². The molecular formula is C36H33N7O4. The van der Waals surface area contributed by atoms with Crippen molar-refractivity contribution in [2.75, 3.05) is 29.9 Å². The zero-order chi connectivity index (χ0) is 32.3. The Morgan fingerprint density at radius 2 is 1.79 bits per heavy atom. The van der Waals surface area contributed by atoms with Crippen molar-refractivity contribution >= 4 is 35.0 Å². The van der Waals surface area contributed by atoms with Gasteiger partial charge >= 0.3 is 0 Å². The molecule has 3 aromatic rings. The molecule has 236 valence electrons. The summed E-state index contributed by atoms with van der Waals surface area (Å²) < 4.78 is 1.76. The predicted molar refractivity (Wildman–Crippen MR) is 171 cm³/mol. The summed E-state index contributed by atoms with van der Waals surface area (Å²) in [5, 5.41) is 19.8. The van der Waals surface area contributed by atoms with Crippen molar-refractivity contribution in [3.8, 4) is 17.9 Å². The van der Waals surface area contributed by atoms with E-state index in [1.54, 1.807) is 29.1 Å². The van der Waals surface area contributed by atoms with Gasteiger partial charge in [-0.2, -0.15) is 10.4 Å². The molecule has 4 heterocycles. The van der Waals surface area contributed by atoms with Crippen LogP contribution < -0.4 is 15.5 Å². The number of nitrogens with one attached hydrogen (secondary N) is 2. The lowest BCUT2D eigenvalue weighted by atomic mass is 9.76. The van der Waals surface area contributed by atoms with Crippen LogP contribution in [0.2, 0.25) is 0 Å². The van der Waals surface area contributed by atoms with E-state index in [0.717, 1.165) is 53.1 Å². The third-order valence-corrected chi connectivity index (χ3v) is 10.2. The topological polar surface area (TPSA) is 140 Å². The number of imide groups is 1. The third-order valence-electron chi connectivity index (χ3n) is 10.2. The molecule has 47 heavy (non-hydrogen) atoms. The third kappa shape index (κ3) is 4.94. The lowest BCUT2D eigenvalue weighted by Crippen LogP contribution is -2.52. The number of nitrogens with zero attached hydrogens (tertiary/aromatic N) is 5. The van der Waals surface area contributed by atoms with Crippen LogP contribution in [0.4, 0.5) is 11.4 Å². The van der Waals surface area contributed by atoms with E-state index in [4.69, 9.17) is 0 Å². The van der Waals surface area contributed by atoms with Gasteiger partial charge in [0, 0.05) is 37.2 Å². The van der Waals surface area contributed by atoms with Crippen molar-refractivity contribution in [3.05, 3.63) is 76.6 Å². The number of hydrogen-bond acceptors (Lipinski definition) is 7. The van der Waals surface area contributed by atoms with Crippen molar-refractivity contribution < 1.29 is 19.2 Å². The highest BCUT2D eigenvalue weighted by atomic mass is 16.2. The Morgan fingerprint density at radius 3 is 2.51 bits per heavy atom. The van der Waals surface area contributed by atoms with E-state index in [0.29, 0.717) is 61.5 Å². The highest BCUT2D eigenvalue weighted by Gasteiger charge is 2.47. The lowest BCUT2D eigenvalue weighted by molar-refractivity contribution is -0.129. The molecule has 1 aromatic heterocycles. The molecule has 4 fully saturated rings. The van der Waals surface area contributed by atoms with Crippen molar-refractivity contribution in [2.24, 2.45) is 5.92 Å². The van der Waals surface area contributed by atoms with Gasteiger partial charge in [-0.3, -0.25) is 28.8 Å². The molecule has 0 bridgehead atoms. The average Bonchev–Trinajstić information content (AvgIpc) is 3.73. The number of rotatable bonds is 6. The number of amides is 4. The van der Waals surface area contributed by atoms with Gasteiger partial charge in [-0.05, 0) is 92.8 Å². The second kappa shape index (κ2) is 11.1. The Kier molecular flexibility index (Phi) is 6.87. The number of carbonyl (C=O) groups excluding carboxylic acids is 4. The van der Waals surface area contributed by atoms with Crippen molar-refractivity contribution in [1.29, 1.82) is 5.26 Å². The molecule has 5 aliphatic rings. The van der Waals surface area contributed by atoms with Gasteiger partial charge in [0.1, 0.15) is 11.6 Å². The quantitative estimate of drug-likeness (QED) is 0.315. The average molecular weight is 628 g/mol. The van der Waals surface area contributed by atoms with E-state index in [9.17, 15) is 24.4 Å². The largest absolute Gasteiger partial charge is 0.369 e. The molecule has 2 saturated heterocycles. The van der Waals surface area contributed by atoms with Crippen molar-refractivity contribution in [1.82, 2.24) is 20.0 Å². The zero-order valence-electron chi connectivity index (χ0n) is 25.8. The Hall–Kier alpha value is -5.42. The number of fused-ring (bicyclic) bond motifs is 1. The molecule has 1 atom stereocenters. The minimum atomic E-state index is -0.760. The van der Waals surface area contributed by atoms with Gasteiger partial charge in [0.05, 0.1) is 40.4 Å². The van der Waals surface area contributed by atoms with E-state index in [1.807, 2.05) is 24.4 Å². The fourth-order valence-electron chi connectivity index (χ4n) is 7.11. The molecule has 8 rings (SSSR count). The Labute approximate surface area is 271 Å². The molecule has 2 saturated carbocycles. The van der Waals surface area contributed by atoms with Crippen LogP contribution in [0.15, 0.2) is 48.8 Å². The van der Waals surface area contributed by atoms with Gasteiger partial charge in [-0.1, -0.05) is 11.8 Å². The number of piperidine rings is 1. The van der Waals surface area contributed by atoms with Gasteiger partial charge in [-0.25, -0.2) is 0 Å². The summed E-state index contributed by atoms with van der Waals surface area (Å²) in [6.45, 7) is 1.91. The van der Waals surface area contributed by atoms with E-state index >= 15 is 0 Å². The normalized spacial score (nSPS) is 21.5. The Morgan fingerprint density at radius 1 is 0.979 bits per heavy atom. The predicted octanol–water partition coefficient (Wildman–Crippen LogP) is 3.51. The van der Waals surface area contributed by atoms with Crippen LogP contribution in [-0.2, 0) is 15.1 Å². The molecule has 2 N–H and O–H groups in total. The highest BCUT2D eigenvalue weighted by molar-refractivity contribution is 6.23. The fraction of sp³-hybridized carbons (Fsp3) is 0.389. The van der Waals surface area contributed by atoms with Crippen molar-refractivity contribution in [3.63, 3.8) is 0 Å². The molecule has 2 aliphatic carbocycles. The summed E-state index contributed by atoms with van der Waals surface area (Å²) in [6, 6.07) is 12.2. The highest BCUT2D eigenvalue weighted by Crippen LogP contribution is 2.45. The summed E-state index contributed by atoms with van der Waals surface area (Å²) >= 11 is 0. The molecule has 4 amide bonds. The Bertz CT molecular complexity index is 1950. The summed E-state index contributed by atoms with van der Waals surface area (Å²) in [6.07, 6.45) is 9.22. The minimum Gasteiger partial charge on any atom is -0.369 e. The minimum absolute atomic E-state index is 0.0905. The molecule has 3 aliphatic heterocycles. The van der Waals surface area contributed by atoms with E-state index in [2.05, 4.69) is 38.5 Å². The lowest BCUT2D eigenvalue weighted by Gasteiger charge is -2.40. The zero-order valence-corrected chi connectivity index (χ0v) is 25.8. The fourth-order valence-corrected chi connectivity index (χ4v) is 7.11. The van der Waals surface area contributed by atoms with E-state index < -0.39 is 23.4 Å². The monoisotopic (exact) mass is 627 g/mol.